The highest BCUT2D eigenvalue weighted by molar-refractivity contribution is 7.99. The molecule has 0 aliphatic carbocycles. The molecule has 3 atom stereocenters. The van der Waals surface area contributed by atoms with Crippen LogP contribution in [-0.2, 0) is 4.79 Å². The molecule has 0 amide bonds. The molecule has 1 aromatic heterocycles. The molecule has 1 saturated heterocycles. The predicted molar refractivity (Wildman–Crippen MR) is 143 cm³/mol. The second kappa shape index (κ2) is 13.3. The predicted octanol–water partition coefficient (Wildman–Crippen LogP) is 6.91. The summed E-state index contributed by atoms with van der Waals surface area (Å²) < 4.78 is 48.0. The van der Waals surface area contributed by atoms with Crippen LogP contribution in [0.2, 0.25) is 0 Å². The second-order valence-corrected chi connectivity index (χ2v) is 10.9. The number of halogens is 3. The van der Waals surface area contributed by atoms with Crippen LogP contribution in [0.4, 0.5) is 13.2 Å². The van der Waals surface area contributed by atoms with Crippen molar-refractivity contribution in [3.05, 3.63) is 65.9 Å². The molecular weight excluding hydrogens is 513 g/mol. The molecule has 1 N–H and O–H groups in total. The smallest absolute Gasteiger partial charge is 0.303 e. The average molecular weight is 547 g/mol. The number of rotatable bonds is 12. The molecule has 2 aromatic carbocycles. The minimum absolute atomic E-state index is 0.0523. The van der Waals surface area contributed by atoms with Crippen LogP contribution < -0.4 is 4.74 Å². The van der Waals surface area contributed by atoms with Crippen LogP contribution in [0.15, 0.2) is 53.6 Å². The quantitative estimate of drug-likeness (QED) is 0.197. The highest BCUT2D eigenvalue weighted by atomic mass is 32.2. The number of nitrogens with zero attached hydrogens (tertiary/aromatic N) is 2. The number of fused-ring (bicyclic) bond motifs is 1. The SMILES string of the molecule is COc1ccc2nccc([C@H](F)CC[C@@H]3CCN(CCCSc4cccc(F)c4F)C[C@@H]3CC(=O)O)c2c1. The minimum Gasteiger partial charge on any atom is -0.497 e. The van der Waals surface area contributed by atoms with E-state index in [-0.39, 0.29) is 18.3 Å². The second-order valence-electron chi connectivity index (χ2n) is 9.79. The average Bonchev–Trinajstić information content (AvgIpc) is 2.91. The van der Waals surface area contributed by atoms with Crippen LogP contribution in [0.5, 0.6) is 5.75 Å². The molecule has 0 unspecified atom stereocenters. The van der Waals surface area contributed by atoms with Crippen LogP contribution in [-0.4, -0.2) is 53.5 Å². The lowest BCUT2D eigenvalue weighted by Gasteiger charge is -2.38. The normalized spacial score (nSPS) is 18.9. The van der Waals surface area contributed by atoms with E-state index in [0.29, 0.717) is 46.9 Å². The van der Waals surface area contributed by atoms with Gasteiger partial charge in [0.15, 0.2) is 11.6 Å². The molecule has 38 heavy (non-hydrogen) atoms. The minimum atomic E-state index is -1.18. The third-order valence-corrected chi connectivity index (χ3v) is 8.43. The molecule has 1 aliphatic rings. The van der Waals surface area contributed by atoms with Crippen LogP contribution in [0.1, 0.15) is 43.8 Å². The monoisotopic (exact) mass is 546 g/mol. The number of aromatic nitrogens is 1. The summed E-state index contributed by atoms with van der Waals surface area (Å²) in [6, 6.07) is 11.3. The Kier molecular flexibility index (Phi) is 9.91. The summed E-state index contributed by atoms with van der Waals surface area (Å²) in [7, 11) is 1.57. The van der Waals surface area contributed by atoms with Crippen LogP contribution in [0.25, 0.3) is 10.9 Å². The maximum absolute atomic E-state index is 15.5. The first-order valence-electron chi connectivity index (χ1n) is 12.9. The van der Waals surface area contributed by atoms with Crippen molar-refractivity contribution in [2.75, 3.05) is 32.5 Å². The number of hydrogen-bond acceptors (Lipinski definition) is 5. The fourth-order valence-electron chi connectivity index (χ4n) is 5.32. The molecule has 0 spiro atoms. The van der Waals surface area contributed by atoms with E-state index in [1.165, 1.54) is 17.8 Å². The molecule has 9 heteroatoms. The number of carbonyl (C=O) groups is 1. The molecule has 204 valence electrons. The van der Waals surface area contributed by atoms with Crippen molar-refractivity contribution >= 4 is 28.6 Å². The molecule has 0 radical (unpaired) electrons. The number of methoxy groups -OCH3 is 1. The van der Waals surface area contributed by atoms with E-state index in [0.717, 1.165) is 37.4 Å². The van der Waals surface area contributed by atoms with E-state index in [1.54, 1.807) is 37.6 Å². The molecule has 4 rings (SSSR count). The summed E-state index contributed by atoms with van der Waals surface area (Å²) in [5.41, 5.74) is 1.29. The van der Waals surface area contributed by atoms with Crippen molar-refractivity contribution in [2.45, 2.75) is 43.2 Å². The largest absolute Gasteiger partial charge is 0.497 e. The topological polar surface area (TPSA) is 62.7 Å². The van der Waals surface area contributed by atoms with Gasteiger partial charge in [0.2, 0.25) is 0 Å². The number of carboxylic acids is 1. The number of piperidine rings is 1. The Morgan fingerprint density at radius 1 is 1.24 bits per heavy atom. The molecule has 1 fully saturated rings. The molecule has 1 aliphatic heterocycles. The van der Waals surface area contributed by atoms with Gasteiger partial charge in [-0.15, -0.1) is 11.8 Å². The number of ether oxygens (including phenoxy) is 1. The molecule has 5 nitrogen and oxygen atoms in total. The molecule has 2 heterocycles. The lowest BCUT2D eigenvalue weighted by Crippen LogP contribution is -2.42. The third-order valence-electron chi connectivity index (χ3n) is 7.32. The Bertz CT molecular complexity index is 1240. The van der Waals surface area contributed by atoms with E-state index in [1.807, 2.05) is 6.07 Å². The van der Waals surface area contributed by atoms with E-state index in [9.17, 15) is 18.7 Å². The maximum Gasteiger partial charge on any atom is 0.303 e. The lowest BCUT2D eigenvalue weighted by molar-refractivity contribution is -0.139. The van der Waals surface area contributed by atoms with Crippen molar-refractivity contribution in [2.24, 2.45) is 11.8 Å². The Labute approximate surface area is 225 Å². The first kappa shape index (κ1) is 28.2. The Balaban J connectivity index is 1.31. The number of pyridine rings is 1. The Hall–Kier alpha value is -2.78. The highest BCUT2D eigenvalue weighted by Crippen LogP contribution is 2.36. The van der Waals surface area contributed by atoms with Gasteiger partial charge in [-0.3, -0.25) is 9.78 Å². The molecule has 0 bridgehead atoms. The van der Waals surface area contributed by atoms with Crippen molar-refractivity contribution in [1.82, 2.24) is 9.88 Å². The Morgan fingerprint density at radius 3 is 2.87 bits per heavy atom. The summed E-state index contributed by atoms with van der Waals surface area (Å²) in [4.78, 5) is 18.4. The van der Waals surface area contributed by atoms with Gasteiger partial charge in [0.1, 0.15) is 11.9 Å². The lowest BCUT2D eigenvalue weighted by atomic mass is 9.79. The number of carboxylic acid groups (broad SMARTS) is 1. The summed E-state index contributed by atoms with van der Waals surface area (Å²) in [5, 5.41) is 10.2. The van der Waals surface area contributed by atoms with Gasteiger partial charge in [0.05, 0.1) is 12.6 Å². The van der Waals surface area contributed by atoms with E-state index >= 15 is 4.39 Å². The molecule has 0 saturated carbocycles. The zero-order valence-electron chi connectivity index (χ0n) is 21.4. The Morgan fingerprint density at radius 2 is 2.08 bits per heavy atom. The van der Waals surface area contributed by atoms with Gasteiger partial charge in [-0.05, 0) is 98.3 Å². The summed E-state index contributed by atoms with van der Waals surface area (Å²) in [6.45, 7) is 2.21. The summed E-state index contributed by atoms with van der Waals surface area (Å²) in [6.07, 6.45) is 2.98. The third kappa shape index (κ3) is 7.20. The van der Waals surface area contributed by atoms with Gasteiger partial charge in [-0.2, -0.15) is 0 Å². The summed E-state index contributed by atoms with van der Waals surface area (Å²) in [5.74, 6) is -1.16. The van der Waals surface area contributed by atoms with Crippen molar-refractivity contribution in [1.29, 1.82) is 0 Å². The van der Waals surface area contributed by atoms with Crippen molar-refractivity contribution in [3.8, 4) is 5.75 Å². The number of benzene rings is 2. The fraction of sp³-hybridized carbons (Fsp3) is 0.448. The van der Waals surface area contributed by atoms with Crippen LogP contribution in [0, 0.1) is 23.5 Å². The number of thioether (sulfide) groups is 1. The van der Waals surface area contributed by atoms with Gasteiger partial charge in [0, 0.05) is 29.4 Å². The van der Waals surface area contributed by atoms with Gasteiger partial charge in [0.25, 0.3) is 0 Å². The first-order valence-corrected chi connectivity index (χ1v) is 13.9. The van der Waals surface area contributed by atoms with Crippen molar-refractivity contribution < 1.29 is 27.8 Å². The first-order chi connectivity index (χ1) is 18.4. The fourth-order valence-corrected chi connectivity index (χ4v) is 6.22. The van der Waals surface area contributed by atoms with E-state index < -0.39 is 23.8 Å². The summed E-state index contributed by atoms with van der Waals surface area (Å²) >= 11 is 1.28. The van der Waals surface area contributed by atoms with E-state index in [4.69, 9.17) is 4.74 Å². The highest BCUT2D eigenvalue weighted by Gasteiger charge is 2.31. The zero-order valence-corrected chi connectivity index (χ0v) is 22.2. The number of likely N-dealkylation sites (tertiary alicyclic amines) is 1. The van der Waals surface area contributed by atoms with E-state index in [2.05, 4.69) is 9.88 Å². The van der Waals surface area contributed by atoms with Gasteiger partial charge >= 0.3 is 5.97 Å². The van der Waals surface area contributed by atoms with Crippen molar-refractivity contribution in [3.63, 3.8) is 0 Å². The van der Waals surface area contributed by atoms with Gasteiger partial charge in [-0.1, -0.05) is 6.07 Å². The number of hydrogen-bond donors (Lipinski definition) is 1. The van der Waals surface area contributed by atoms with Crippen LogP contribution >= 0.6 is 11.8 Å². The maximum atomic E-state index is 15.5. The molecule has 3 aromatic rings. The van der Waals surface area contributed by atoms with Gasteiger partial charge in [-0.25, -0.2) is 13.2 Å². The standard InChI is InChI=1S/C29H33F3N2O3S/c1-37-21-7-9-26-23(17-21)22(10-12-33-26)24(30)8-6-19-11-14-34(18-20(19)16-28(35)36)13-3-15-38-27-5-2-4-25(31)29(27)32/h2,4-5,7,9-10,12,17,19-20,24H,3,6,8,11,13-16,18H2,1H3,(H,35,36)/t19-,20+,24-/m1/s1. The van der Waals surface area contributed by atoms with Gasteiger partial charge < -0.3 is 14.7 Å². The zero-order chi connectivity index (χ0) is 27.1. The number of alkyl halides is 1. The molecular formula is C29H33F3N2O3S. The number of aliphatic carboxylic acids is 1. The van der Waals surface area contributed by atoms with Crippen LogP contribution in [0.3, 0.4) is 0 Å².